The maximum absolute atomic E-state index is 12.6. The van der Waals surface area contributed by atoms with Gasteiger partial charge < -0.3 is 19.5 Å². The largest absolute Gasteiger partial charge is 0.497 e. The Kier molecular flexibility index (Phi) is 11.6. The monoisotopic (exact) mass is 531 g/mol. The fourth-order valence-corrected chi connectivity index (χ4v) is 3.96. The van der Waals surface area contributed by atoms with E-state index in [0.717, 1.165) is 24.2 Å². The number of esters is 1. The first-order valence-corrected chi connectivity index (χ1v) is 13.4. The quantitative estimate of drug-likeness (QED) is 0.143. The molecule has 1 atom stereocenters. The summed E-state index contributed by atoms with van der Waals surface area (Å²) in [5.74, 6) is 0.790. The van der Waals surface area contributed by atoms with E-state index >= 15 is 0 Å². The van der Waals surface area contributed by atoms with Gasteiger partial charge in [0.2, 0.25) is 0 Å². The molecule has 0 aliphatic heterocycles. The SMILES string of the molecule is CCCCCCCOc1ccc(C(=O)Oc2ccc(C[C@@H](NC(=O)c3ccc(OC)cc3)C(C)=O)cc2)cc1. The molecule has 0 fully saturated rings. The second kappa shape index (κ2) is 15.3. The van der Waals surface area contributed by atoms with Crippen LogP contribution in [-0.4, -0.2) is 37.4 Å². The van der Waals surface area contributed by atoms with Crippen LogP contribution in [0, 0.1) is 0 Å². The zero-order valence-electron chi connectivity index (χ0n) is 22.9. The van der Waals surface area contributed by atoms with Gasteiger partial charge in [-0.2, -0.15) is 0 Å². The van der Waals surface area contributed by atoms with Crippen LogP contribution in [0.15, 0.2) is 72.8 Å². The molecule has 0 unspecified atom stereocenters. The van der Waals surface area contributed by atoms with E-state index in [1.54, 1.807) is 79.9 Å². The number of nitrogens with one attached hydrogen (secondary N) is 1. The van der Waals surface area contributed by atoms with Crippen LogP contribution < -0.4 is 19.5 Å². The molecule has 0 spiro atoms. The summed E-state index contributed by atoms with van der Waals surface area (Å²) in [7, 11) is 1.55. The third kappa shape index (κ3) is 9.60. The van der Waals surface area contributed by atoms with Gasteiger partial charge in [-0.1, -0.05) is 44.7 Å². The fourth-order valence-electron chi connectivity index (χ4n) is 3.96. The zero-order valence-corrected chi connectivity index (χ0v) is 22.9. The van der Waals surface area contributed by atoms with E-state index in [1.807, 2.05) is 0 Å². The van der Waals surface area contributed by atoms with E-state index in [-0.39, 0.29) is 11.7 Å². The normalized spacial score (nSPS) is 11.4. The third-order valence-electron chi connectivity index (χ3n) is 6.33. The topological polar surface area (TPSA) is 90.9 Å². The summed E-state index contributed by atoms with van der Waals surface area (Å²) in [5, 5.41) is 2.79. The minimum Gasteiger partial charge on any atom is -0.497 e. The van der Waals surface area contributed by atoms with Gasteiger partial charge in [0.05, 0.1) is 25.3 Å². The number of Topliss-reactive ketones (excluding diaryl/α,β-unsaturated/α-hetero) is 1. The van der Waals surface area contributed by atoms with Gasteiger partial charge in [-0.3, -0.25) is 9.59 Å². The minimum atomic E-state index is -0.690. The lowest BCUT2D eigenvalue weighted by atomic mass is 10.0. The van der Waals surface area contributed by atoms with Crippen molar-refractivity contribution in [2.45, 2.75) is 58.4 Å². The molecule has 0 saturated heterocycles. The number of amides is 1. The number of hydrogen-bond acceptors (Lipinski definition) is 6. The predicted molar refractivity (Wildman–Crippen MR) is 151 cm³/mol. The van der Waals surface area contributed by atoms with E-state index in [1.165, 1.54) is 26.2 Å². The van der Waals surface area contributed by atoms with E-state index in [9.17, 15) is 14.4 Å². The first-order chi connectivity index (χ1) is 18.9. The summed E-state index contributed by atoms with van der Waals surface area (Å²) in [6.07, 6.45) is 6.18. The summed E-state index contributed by atoms with van der Waals surface area (Å²) in [4.78, 5) is 37.4. The Morgan fingerprint density at radius 1 is 0.744 bits per heavy atom. The molecule has 1 N–H and O–H groups in total. The highest BCUT2D eigenvalue weighted by atomic mass is 16.5. The lowest BCUT2D eigenvalue weighted by molar-refractivity contribution is -0.118. The molecule has 3 aromatic rings. The highest BCUT2D eigenvalue weighted by Gasteiger charge is 2.19. The molecule has 0 radical (unpaired) electrons. The van der Waals surface area contributed by atoms with Crippen LogP contribution in [0.4, 0.5) is 0 Å². The Hall–Kier alpha value is -4.13. The first kappa shape index (κ1) is 29.4. The smallest absolute Gasteiger partial charge is 0.343 e. The number of benzene rings is 3. The average molecular weight is 532 g/mol. The van der Waals surface area contributed by atoms with E-state index in [2.05, 4.69) is 12.2 Å². The van der Waals surface area contributed by atoms with Crippen molar-refractivity contribution < 1.29 is 28.6 Å². The van der Waals surface area contributed by atoms with Crippen LogP contribution in [0.2, 0.25) is 0 Å². The average Bonchev–Trinajstić information content (AvgIpc) is 2.95. The maximum Gasteiger partial charge on any atom is 0.343 e. The Morgan fingerprint density at radius 2 is 1.33 bits per heavy atom. The van der Waals surface area contributed by atoms with Crippen molar-refractivity contribution in [3.63, 3.8) is 0 Å². The number of rotatable bonds is 15. The van der Waals surface area contributed by atoms with Crippen molar-refractivity contribution in [1.82, 2.24) is 5.32 Å². The second-order valence-electron chi connectivity index (χ2n) is 9.39. The van der Waals surface area contributed by atoms with Gasteiger partial charge in [-0.15, -0.1) is 0 Å². The van der Waals surface area contributed by atoms with Crippen molar-refractivity contribution >= 4 is 17.7 Å². The van der Waals surface area contributed by atoms with Crippen molar-refractivity contribution in [1.29, 1.82) is 0 Å². The summed E-state index contributed by atoms with van der Waals surface area (Å²) in [6.45, 7) is 4.30. The lowest BCUT2D eigenvalue weighted by Crippen LogP contribution is -2.41. The zero-order chi connectivity index (χ0) is 28.0. The van der Waals surface area contributed by atoms with Crippen LogP contribution in [0.1, 0.15) is 72.2 Å². The molecule has 3 rings (SSSR count). The molecule has 0 bridgehead atoms. The summed E-state index contributed by atoms with van der Waals surface area (Å²) >= 11 is 0. The first-order valence-electron chi connectivity index (χ1n) is 13.4. The van der Waals surface area contributed by atoms with E-state index < -0.39 is 12.0 Å². The van der Waals surface area contributed by atoms with Crippen LogP contribution >= 0.6 is 0 Å². The van der Waals surface area contributed by atoms with E-state index in [4.69, 9.17) is 14.2 Å². The molecule has 1 amide bonds. The second-order valence-corrected chi connectivity index (χ2v) is 9.39. The highest BCUT2D eigenvalue weighted by Crippen LogP contribution is 2.18. The van der Waals surface area contributed by atoms with E-state index in [0.29, 0.717) is 35.7 Å². The molecule has 0 saturated carbocycles. The minimum absolute atomic E-state index is 0.156. The van der Waals surface area contributed by atoms with Crippen molar-refractivity contribution in [3.05, 3.63) is 89.5 Å². The highest BCUT2D eigenvalue weighted by molar-refractivity contribution is 5.97. The molecule has 206 valence electrons. The van der Waals surface area contributed by atoms with Crippen molar-refractivity contribution in [2.24, 2.45) is 0 Å². The Morgan fingerprint density at radius 3 is 1.95 bits per heavy atom. The molecule has 0 aromatic heterocycles. The van der Waals surface area contributed by atoms with Crippen LogP contribution in [0.3, 0.4) is 0 Å². The van der Waals surface area contributed by atoms with Crippen molar-refractivity contribution in [2.75, 3.05) is 13.7 Å². The summed E-state index contributed by atoms with van der Waals surface area (Å²) < 4.78 is 16.4. The number of unbranched alkanes of at least 4 members (excludes halogenated alkanes) is 4. The molecule has 39 heavy (non-hydrogen) atoms. The van der Waals surface area contributed by atoms with Gasteiger partial charge in [0.1, 0.15) is 17.2 Å². The third-order valence-corrected chi connectivity index (χ3v) is 6.33. The summed E-state index contributed by atoms with van der Waals surface area (Å²) in [5.41, 5.74) is 1.68. The standard InChI is InChI=1S/C32H37NO6/c1-4-5-6-7-8-21-38-28-19-13-26(14-20-28)32(36)39-29-15-9-24(10-16-29)22-30(23(2)34)33-31(35)25-11-17-27(37-3)18-12-25/h9-20,30H,4-8,21-22H2,1-3H3,(H,33,35)/t30-/m1/s1. The molecule has 0 aliphatic carbocycles. The van der Waals surface area contributed by atoms with Gasteiger partial charge in [0.15, 0.2) is 5.78 Å². The molecular formula is C32H37NO6. The summed E-state index contributed by atoms with van der Waals surface area (Å²) in [6, 6.07) is 19.8. The molecular weight excluding hydrogens is 494 g/mol. The number of carbonyl (C=O) groups excluding carboxylic acids is 3. The van der Waals surface area contributed by atoms with Crippen molar-refractivity contribution in [3.8, 4) is 17.2 Å². The lowest BCUT2D eigenvalue weighted by Gasteiger charge is -2.16. The maximum atomic E-state index is 12.6. The predicted octanol–water partition coefficient (Wildman–Crippen LogP) is 6.19. The molecule has 0 heterocycles. The van der Waals surface area contributed by atoms with Crippen LogP contribution in [-0.2, 0) is 11.2 Å². The molecule has 3 aromatic carbocycles. The number of ether oxygens (including phenoxy) is 3. The molecule has 7 nitrogen and oxygen atoms in total. The fraction of sp³-hybridized carbons (Fsp3) is 0.344. The number of ketones is 1. The number of methoxy groups -OCH3 is 1. The van der Waals surface area contributed by atoms with Gasteiger partial charge in [-0.25, -0.2) is 4.79 Å². The van der Waals surface area contributed by atoms with Crippen LogP contribution in [0.5, 0.6) is 17.2 Å². The Balaban J connectivity index is 1.50. The molecule has 7 heteroatoms. The van der Waals surface area contributed by atoms with Gasteiger partial charge in [0.25, 0.3) is 5.91 Å². The number of hydrogen-bond donors (Lipinski definition) is 1. The van der Waals surface area contributed by atoms with Crippen LogP contribution in [0.25, 0.3) is 0 Å². The molecule has 0 aliphatic rings. The number of carbonyl (C=O) groups is 3. The van der Waals surface area contributed by atoms with Gasteiger partial charge in [-0.05, 0) is 86.0 Å². The van der Waals surface area contributed by atoms with Gasteiger partial charge in [0, 0.05) is 5.56 Å². The Labute approximate surface area is 230 Å². The van der Waals surface area contributed by atoms with Gasteiger partial charge >= 0.3 is 5.97 Å². The Bertz CT molecular complexity index is 1200.